The Morgan fingerprint density at radius 2 is 1.65 bits per heavy atom. The molecule has 1 rings (SSSR count). The van der Waals surface area contributed by atoms with Crippen molar-refractivity contribution in [2.75, 3.05) is 27.5 Å². The van der Waals surface area contributed by atoms with Gasteiger partial charge in [0.15, 0.2) is 0 Å². The van der Waals surface area contributed by atoms with E-state index in [1.807, 2.05) is 20.8 Å². The predicted molar refractivity (Wildman–Crippen MR) is 66.9 cm³/mol. The first-order valence-electron chi connectivity index (χ1n) is 5.41. The third-order valence-electron chi connectivity index (χ3n) is 1.73. The number of benzene rings is 1. The maximum Gasteiger partial charge on any atom is 0.123 e. The Labute approximate surface area is 103 Å². The summed E-state index contributed by atoms with van der Waals surface area (Å²) in [6.45, 7) is 7.13. The van der Waals surface area contributed by atoms with Crippen LogP contribution in [-0.2, 0) is 4.74 Å². The summed E-state index contributed by atoms with van der Waals surface area (Å²) in [6, 6.07) is 4.51. The van der Waals surface area contributed by atoms with Crippen molar-refractivity contribution in [3.63, 3.8) is 0 Å². The standard InChI is InChI=1S/C9H11FO.C3H8O.CH3F/c1-3-11-9-5-4-8(10)6-7(9)2;1-3-4-2;1-2/h4-6H,3H2,1-2H3;3H2,1-2H3;1H3. The molecule has 0 radical (unpaired) electrons. The van der Waals surface area contributed by atoms with Crippen LogP contribution in [0.15, 0.2) is 18.2 Å². The number of hydrogen-bond donors (Lipinski definition) is 0. The van der Waals surface area contributed by atoms with E-state index in [9.17, 15) is 8.78 Å². The van der Waals surface area contributed by atoms with Crippen LogP contribution in [0.3, 0.4) is 0 Å². The SMILES string of the molecule is CCOC.CCOc1ccc(F)cc1C.CF. The van der Waals surface area contributed by atoms with Gasteiger partial charge >= 0.3 is 0 Å². The molecule has 100 valence electrons. The second-order valence-electron chi connectivity index (χ2n) is 2.92. The molecule has 1 aromatic carbocycles. The van der Waals surface area contributed by atoms with Crippen LogP contribution < -0.4 is 4.74 Å². The lowest BCUT2D eigenvalue weighted by molar-refractivity contribution is 0.215. The van der Waals surface area contributed by atoms with Crippen LogP contribution in [0.1, 0.15) is 19.4 Å². The van der Waals surface area contributed by atoms with Gasteiger partial charge in [0.2, 0.25) is 0 Å². The number of aryl methyl sites for hydroxylation is 1. The van der Waals surface area contributed by atoms with Gasteiger partial charge in [-0.3, -0.25) is 4.39 Å². The van der Waals surface area contributed by atoms with E-state index >= 15 is 0 Å². The van der Waals surface area contributed by atoms with Gasteiger partial charge in [0.1, 0.15) is 11.6 Å². The fourth-order valence-electron chi connectivity index (χ4n) is 0.930. The zero-order valence-corrected chi connectivity index (χ0v) is 11.2. The van der Waals surface area contributed by atoms with E-state index in [2.05, 4.69) is 4.74 Å². The van der Waals surface area contributed by atoms with Gasteiger partial charge in [0, 0.05) is 13.7 Å². The Morgan fingerprint density at radius 3 is 2.00 bits per heavy atom. The van der Waals surface area contributed by atoms with Gasteiger partial charge in [-0.1, -0.05) is 0 Å². The van der Waals surface area contributed by atoms with E-state index < -0.39 is 0 Å². The molecule has 17 heavy (non-hydrogen) atoms. The van der Waals surface area contributed by atoms with E-state index in [4.69, 9.17) is 4.74 Å². The summed E-state index contributed by atoms with van der Waals surface area (Å²) in [6.07, 6.45) is 0. The van der Waals surface area contributed by atoms with Crippen molar-refractivity contribution in [1.82, 2.24) is 0 Å². The first-order valence-corrected chi connectivity index (χ1v) is 5.41. The molecule has 0 aliphatic carbocycles. The van der Waals surface area contributed by atoms with Crippen LogP contribution >= 0.6 is 0 Å². The molecule has 0 saturated carbocycles. The fraction of sp³-hybridized carbons (Fsp3) is 0.538. The molecule has 0 N–H and O–H groups in total. The van der Waals surface area contributed by atoms with Gasteiger partial charge in [-0.2, -0.15) is 0 Å². The molecule has 0 atom stereocenters. The molecule has 0 amide bonds. The Balaban J connectivity index is 0. The minimum atomic E-state index is -0.217. The zero-order chi connectivity index (χ0) is 13.7. The average Bonchev–Trinajstić information content (AvgIpc) is 2.36. The van der Waals surface area contributed by atoms with Gasteiger partial charge in [0.25, 0.3) is 0 Å². The number of alkyl halides is 1. The number of methoxy groups -OCH3 is 1. The number of halogens is 2. The molecule has 0 unspecified atom stereocenters. The van der Waals surface area contributed by atoms with E-state index in [1.165, 1.54) is 12.1 Å². The summed E-state index contributed by atoms with van der Waals surface area (Å²) in [5, 5.41) is 0. The molecule has 2 nitrogen and oxygen atoms in total. The molecule has 0 spiro atoms. The van der Waals surface area contributed by atoms with Crippen molar-refractivity contribution in [2.24, 2.45) is 0 Å². The molecule has 0 aromatic heterocycles. The van der Waals surface area contributed by atoms with Crippen molar-refractivity contribution in [3.8, 4) is 5.75 Å². The van der Waals surface area contributed by atoms with Crippen molar-refractivity contribution in [3.05, 3.63) is 29.6 Å². The molecular formula is C13H22F2O2. The van der Waals surface area contributed by atoms with Crippen LogP contribution in [0.5, 0.6) is 5.75 Å². The van der Waals surface area contributed by atoms with Crippen molar-refractivity contribution in [1.29, 1.82) is 0 Å². The maximum atomic E-state index is 12.5. The van der Waals surface area contributed by atoms with Gasteiger partial charge in [0.05, 0.1) is 13.8 Å². The highest BCUT2D eigenvalue weighted by molar-refractivity contribution is 5.32. The summed E-state index contributed by atoms with van der Waals surface area (Å²) in [5.41, 5.74) is 0.840. The quantitative estimate of drug-likeness (QED) is 0.810. The Kier molecular flexibility index (Phi) is 13.8. The molecule has 0 aliphatic rings. The second-order valence-corrected chi connectivity index (χ2v) is 2.92. The third kappa shape index (κ3) is 9.75. The molecule has 1 aromatic rings. The van der Waals surface area contributed by atoms with Crippen LogP contribution in [0, 0.1) is 12.7 Å². The predicted octanol–water partition coefficient (Wildman–Crippen LogP) is 3.77. The Morgan fingerprint density at radius 1 is 1.12 bits per heavy atom. The lowest BCUT2D eigenvalue weighted by Crippen LogP contribution is -1.93. The maximum absolute atomic E-state index is 12.5. The summed E-state index contributed by atoms with van der Waals surface area (Å²) in [4.78, 5) is 0. The second kappa shape index (κ2) is 12.9. The molecule has 0 heterocycles. The zero-order valence-electron chi connectivity index (χ0n) is 11.2. The highest BCUT2D eigenvalue weighted by Crippen LogP contribution is 2.17. The van der Waals surface area contributed by atoms with Gasteiger partial charge in [-0.25, -0.2) is 4.39 Å². The average molecular weight is 248 g/mol. The molecule has 4 heteroatoms. The minimum absolute atomic E-state index is 0.217. The molecule has 0 fully saturated rings. The van der Waals surface area contributed by atoms with Crippen LogP contribution in [0.25, 0.3) is 0 Å². The minimum Gasteiger partial charge on any atom is -0.494 e. The summed E-state index contributed by atoms with van der Waals surface area (Å²) < 4.78 is 31.8. The largest absolute Gasteiger partial charge is 0.494 e. The number of hydrogen-bond acceptors (Lipinski definition) is 2. The summed E-state index contributed by atoms with van der Waals surface area (Å²) >= 11 is 0. The van der Waals surface area contributed by atoms with E-state index in [0.717, 1.165) is 17.9 Å². The summed E-state index contributed by atoms with van der Waals surface area (Å²) in [7, 11) is 2.18. The van der Waals surface area contributed by atoms with Gasteiger partial charge in [-0.15, -0.1) is 0 Å². The molecule has 0 saturated heterocycles. The lowest BCUT2D eigenvalue weighted by atomic mass is 10.2. The summed E-state index contributed by atoms with van der Waals surface area (Å²) in [5.74, 6) is 0.542. The Bertz CT molecular complexity index is 276. The van der Waals surface area contributed by atoms with E-state index in [1.54, 1.807) is 13.2 Å². The first kappa shape index (κ1) is 18.2. The van der Waals surface area contributed by atoms with Gasteiger partial charge < -0.3 is 9.47 Å². The van der Waals surface area contributed by atoms with E-state index in [0.29, 0.717) is 13.8 Å². The van der Waals surface area contributed by atoms with Crippen LogP contribution in [-0.4, -0.2) is 27.5 Å². The topological polar surface area (TPSA) is 18.5 Å². The van der Waals surface area contributed by atoms with Crippen molar-refractivity contribution >= 4 is 0 Å². The van der Waals surface area contributed by atoms with E-state index in [-0.39, 0.29) is 5.82 Å². The fourth-order valence-corrected chi connectivity index (χ4v) is 0.930. The number of rotatable bonds is 3. The highest BCUT2D eigenvalue weighted by Gasteiger charge is 1.98. The molecular weight excluding hydrogens is 226 g/mol. The van der Waals surface area contributed by atoms with Crippen molar-refractivity contribution in [2.45, 2.75) is 20.8 Å². The normalized spacial score (nSPS) is 8.41. The first-order chi connectivity index (χ1) is 8.15. The molecule has 0 bridgehead atoms. The third-order valence-corrected chi connectivity index (χ3v) is 1.73. The van der Waals surface area contributed by atoms with Crippen LogP contribution in [0.2, 0.25) is 0 Å². The number of ether oxygens (including phenoxy) is 2. The monoisotopic (exact) mass is 248 g/mol. The Hall–Kier alpha value is -1.16. The smallest absolute Gasteiger partial charge is 0.123 e. The molecule has 0 aliphatic heterocycles. The lowest BCUT2D eigenvalue weighted by Gasteiger charge is -2.05. The van der Waals surface area contributed by atoms with Crippen molar-refractivity contribution < 1.29 is 18.3 Å². The van der Waals surface area contributed by atoms with Crippen LogP contribution in [0.4, 0.5) is 8.78 Å². The van der Waals surface area contributed by atoms with Gasteiger partial charge in [-0.05, 0) is 44.5 Å². The highest BCUT2D eigenvalue weighted by atomic mass is 19.1.